The maximum absolute atomic E-state index is 13.4. The standard InChI is InChI=1S/C21H21ClFN5O/c1-27-20(24)18(21(29)25-14-7-8-17(23)16(22)11-14)19(26-27)13-9-10-28(12-13)15-5-3-2-4-6-15/h2-8,11,13H,9-10,12,24H2,1H3,(H,25,29). The quantitative estimate of drug-likeness (QED) is 0.676. The number of nitrogens with one attached hydrogen (secondary N) is 1. The Balaban J connectivity index is 1.59. The van der Waals surface area contributed by atoms with Crippen molar-refractivity contribution in [1.29, 1.82) is 0 Å². The highest BCUT2D eigenvalue weighted by molar-refractivity contribution is 6.31. The van der Waals surface area contributed by atoms with Gasteiger partial charge in [-0.25, -0.2) is 4.39 Å². The van der Waals surface area contributed by atoms with E-state index in [0.29, 0.717) is 22.8 Å². The number of aromatic nitrogens is 2. The van der Waals surface area contributed by atoms with E-state index in [1.54, 1.807) is 7.05 Å². The highest BCUT2D eigenvalue weighted by Gasteiger charge is 2.32. The number of rotatable bonds is 4. The molecule has 3 N–H and O–H groups in total. The number of carbonyl (C=O) groups is 1. The fraction of sp³-hybridized carbons (Fsp3) is 0.238. The molecular weight excluding hydrogens is 393 g/mol. The molecule has 2 aromatic carbocycles. The van der Waals surface area contributed by atoms with Crippen LogP contribution in [0, 0.1) is 5.82 Å². The topological polar surface area (TPSA) is 76.2 Å². The van der Waals surface area contributed by atoms with Crippen LogP contribution in [0.2, 0.25) is 5.02 Å². The average molecular weight is 414 g/mol. The Kier molecular flexibility index (Phi) is 5.15. The average Bonchev–Trinajstić information content (AvgIpc) is 3.31. The number of nitrogens with two attached hydrogens (primary N) is 1. The third-order valence-electron chi connectivity index (χ3n) is 5.22. The number of anilines is 3. The first kappa shape index (κ1) is 19.3. The lowest BCUT2D eigenvalue weighted by Gasteiger charge is -2.18. The highest BCUT2D eigenvalue weighted by Crippen LogP contribution is 2.34. The van der Waals surface area contributed by atoms with Crippen LogP contribution in [0.5, 0.6) is 0 Å². The number of hydrogen-bond donors (Lipinski definition) is 2. The molecule has 4 rings (SSSR count). The summed E-state index contributed by atoms with van der Waals surface area (Å²) in [5.41, 5.74) is 8.74. The number of nitrogen functional groups attached to an aromatic ring is 1. The van der Waals surface area contributed by atoms with Gasteiger partial charge in [-0.2, -0.15) is 5.10 Å². The van der Waals surface area contributed by atoms with Crippen LogP contribution in [0.3, 0.4) is 0 Å². The zero-order valence-electron chi connectivity index (χ0n) is 15.9. The molecule has 0 bridgehead atoms. The van der Waals surface area contributed by atoms with Gasteiger partial charge in [0.2, 0.25) is 0 Å². The fourth-order valence-corrected chi connectivity index (χ4v) is 3.88. The van der Waals surface area contributed by atoms with E-state index < -0.39 is 5.82 Å². The molecule has 0 saturated carbocycles. The first-order valence-electron chi connectivity index (χ1n) is 9.33. The number of aryl methyl sites for hydroxylation is 1. The lowest BCUT2D eigenvalue weighted by atomic mass is 10.00. The molecule has 0 spiro atoms. The summed E-state index contributed by atoms with van der Waals surface area (Å²) in [6.45, 7) is 1.63. The van der Waals surface area contributed by atoms with Crippen LogP contribution in [0.4, 0.5) is 21.6 Å². The van der Waals surface area contributed by atoms with Crippen molar-refractivity contribution in [2.75, 3.05) is 29.0 Å². The number of hydrogen-bond acceptors (Lipinski definition) is 4. The predicted molar refractivity (Wildman–Crippen MR) is 113 cm³/mol. The van der Waals surface area contributed by atoms with Crippen molar-refractivity contribution >= 4 is 34.7 Å². The molecule has 150 valence electrons. The second-order valence-electron chi connectivity index (χ2n) is 7.12. The molecule has 1 amide bonds. The molecular formula is C21H21ClFN5O. The van der Waals surface area contributed by atoms with Gasteiger partial charge < -0.3 is 16.0 Å². The van der Waals surface area contributed by atoms with Gasteiger partial charge in [-0.05, 0) is 36.8 Å². The van der Waals surface area contributed by atoms with Gasteiger partial charge in [0.25, 0.3) is 5.91 Å². The van der Waals surface area contributed by atoms with Crippen molar-refractivity contribution in [2.45, 2.75) is 12.3 Å². The van der Waals surface area contributed by atoms with E-state index in [1.165, 1.54) is 22.9 Å². The third-order valence-corrected chi connectivity index (χ3v) is 5.51. The van der Waals surface area contributed by atoms with Gasteiger partial charge in [-0.3, -0.25) is 9.48 Å². The molecule has 29 heavy (non-hydrogen) atoms. The van der Waals surface area contributed by atoms with Gasteiger partial charge in [0, 0.05) is 37.4 Å². The van der Waals surface area contributed by atoms with Crippen molar-refractivity contribution in [3.63, 3.8) is 0 Å². The maximum atomic E-state index is 13.4. The Labute approximate surface area is 173 Å². The largest absolute Gasteiger partial charge is 0.383 e. The summed E-state index contributed by atoms with van der Waals surface area (Å²) in [6, 6.07) is 14.2. The van der Waals surface area contributed by atoms with Crippen LogP contribution in [-0.2, 0) is 7.05 Å². The molecule has 1 aliphatic heterocycles. The van der Waals surface area contributed by atoms with Crippen LogP contribution >= 0.6 is 11.6 Å². The number of nitrogens with zero attached hydrogens (tertiary/aromatic N) is 3. The molecule has 1 aliphatic rings. The van der Waals surface area contributed by atoms with Gasteiger partial charge in [0.15, 0.2) is 0 Å². The second kappa shape index (κ2) is 7.75. The summed E-state index contributed by atoms with van der Waals surface area (Å²) in [5, 5.41) is 7.22. The molecule has 1 aromatic heterocycles. The van der Waals surface area contributed by atoms with Gasteiger partial charge in [0.05, 0.1) is 10.7 Å². The number of carbonyl (C=O) groups excluding carboxylic acids is 1. The first-order chi connectivity index (χ1) is 13.9. The number of benzene rings is 2. The van der Waals surface area contributed by atoms with Crippen molar-refractivity contribution in [2.24, 2.45) is 7.05 Å². The summed E-state index contributed by atoms with van der Waals surface area (Å²) in [5.74, 6) is -0.551. The zero-order chi connectivity index (χ0) is 20.5. The predicted octanol–water partition coefficient (Wildman–Crippen LogP) is 4.04. The third kappa shape index (κ3) is 3.78. The molecule has 2 heterocycles. The Morgan fingerprint density at radius 2 is 2.03 bits per heavy atom. The van der Waals surface area contributed by atoms with E-state index >= 15 is 0 Å². The molecule has 0 radical (unpaired) electrons. The molecule has 1 unspecified atom stereocenters. The number of para-hydroxylation sites is 1. The smallest absolute Gasteiger partial charge is 0.261 e. The zero-order valence-corrected chi connectivity index (χ0v) is 16.7. The van der Waals surface area contributed by atoms with Gasteiger partial charge >= 0.3 is 0 Å². The second-order valence-corrected chi connectivity index (χ2v) is 7.53. The van der Waals surface area contributed by atoms with Gasteiger partial charge in [0.1, 0.15) is 17.2 Å². The minimum atomic E-state index is -0.543. The van der Waals surface area contributed by atoms with E-state index in [2.05, 4.69) is 27.4 Å². The molecule has 8 heteroatoms. The lowest BCUT2D eigenvalue weighted by molar-refractivity contribution is 0.102. The summed E-state index contributed by atoms with van der Waals surface area (Å²) in [6.07, 6.45) is 0.869. The van der Waals surface area contributed by atoms with Crippen LogP contribution in [0.1, 0.15) is 28.4 Å². The van der Waals surface area contributed by atoms with Crippen LogP contribution in [-0.4, -0.2) is 28.8 Å². The Morgan fingerprint density at radius 3 is 2.76 bits per heavy atom. The maximum Gasteiger partial charge on any atom is 0.261 e. The lowest BCUT2D eigenvalue weighted by Crippen LogP contribution is -2.20. The van der Waals surface area contributed by atoms with Gasteiger partial charge in [-0.15, -0.1) is 0 Å². The minimum Gasteiger partial charge on any atom is -0.383 e. The highest BCUT2D eigenvalue weighted by atomic mass is 35.5. The van der Waals surface area contributed by atoms with Crippen molar-refractivity contribution < 1.29 is 9.18 Å². The minimum absolute atomic E-state index is 0.0588. The molecule has 1 atom stereocenters. The van der Waals surface area contributed by atoms with Crippen LogP contribution < -0.4 is 16.0 Å². The van der Waals surface area contributed by atoms with E-state index in [4.69, 9.17) is 17.3 Å². The normalized spacial score (nSPS) is 16.2. The summed E-state index contributed by atoms with van der Waals surface area (Å²) >= 11 is 5.81. The van der Waals surface area contributed by atoms with E-state index in [-0.39, 0.29) is 16.8 Å². The number of halogens is 2. The Bertz CT molecular complexity index is 1050. The van der Waals surface area contributed by atoms with Crippen LogP contribution in [0.15, 0.2) is 48.5 Å². The number of amides is 1. The monoisotopic (exact) mass is 413 g/mol. The molecule has 1 saturated heterocycles. The summed E-state index contributed by atoms with van der Waals surface area (Å²) < 4.78 is 14.9. The first-order valence-corrected chi connectivity index (χ1v) is 9.70. The molecule has 0 aliphatic carbocycles. The SMILES string of the molecule is Cn1nc(C2CCN(c3ccccc3)C2)c(C(=O)Nc2ccc(F)c(Cl)c2)c1N. The van der Waals surface area contributed by atoms with Crippen LogP contribution in [0.25, 0.3) is 0 Å². The molecule has 6 nitrogen and oxygen atoms in total. The van der Waals surface area contributed by atoms with E-state index in [1.807, 2.05) is 18.2 Å². The van der Waals surface area contributed by atoms with Gasteiger partial charge in [-0.1, -0.05) is 29.8 Å². The Morgan fingerprint density at radius 1 is 1.28 bits per heavy atom. The fourth-order valence-electron chi connectivity index (χ4n) is 3.70. The van der Waals surface area contributed by atoms with Crippen molar-refractivity contribution in [3.8, 4) is 0 Å². The van der Waals surface area contributed by atoms with Crippen molar-refractivity contribution in [3.05, 3.63) is 70.6 Å². The van der Waals surface area contributed by atoms with E-state index in [0.717, 1.165) is 25.2 Å². The molecule has 1 fully saturated rings. The van der Waals surface area contributed by atoms with E-state index in [9.17, 15) is 9.18 Å². The molecule has 3 aromatic rings. The Hall–Kier alpha value is -3.06. The van der Waals surface area contributed by atoms with Crippen molar-refractivity contribution in [1.82, 2.24) is 9.78 Å². The summed E-state index contributed by atoms with van der Waals surface area (Å²) in [4.78, 5) is 15.3. The summed E-state index contributed by atoms with van der Waals surface area (Å²) in [7, 11) is 1.72.